The van der Waals surface area contributed by atoms with Crippen molar-refractivity contribution < 1.29 is 19.7 Å². The lowest BCUT2D eigenvalue weighted by Crippen LogP contribution is -2.41. The van der Waals surface area contributed by atoms with E-state index in [1.54, 1.807) is 0 Å². The fraction of sp³-hybridized carbons (Fsp3) is 0.600. The Hall–Kier alpha value is -1.55. The molecule has 0 aromatic carbocycles. The zero-order valence-electron chi connectivity index (χ0n) is 13.5. The second kappa shape index (κ2) is 5.22. The van der Waals surface area contributed by atoms with Crippen molar-refractivity contribution in [3.8, 4) is 5.88 Å². The van der Waals surface area contributed by atoms with Crippen molar-refractivity contribution >= 4 is 23.5 Å². The molecule has 1 saturated carbocycles. The smallest absolute Gasteiger partial charge is 0.232 e. The lowest BCUT2D eigenvalue weighted by molar-refractivity contribution is -0.159. The van der Waals surface area contributed by atoms with Crippen LogP contribution in [0, 0.1) is 5.92 Å². The van der Waals surface area contributed by atoms with Crippen LogP contribution >= 0.6 is 11.8 Å². The maximum absolute atomic E-state index is 10.0. The monoisotopic (exact) mass is 352 g/mol. The van der Waals surface area contributed by atoms with Gasteiger partial charge in [0.1, 0.15) is 11.0 Å². The van der Waals surface area contributed by atoms with Crippen LogP contribution in [0.3, 0.4) is 0 Å². The van der Waals surface area contributed by atoms with E-state index in [1.807, 2.05) is 18.7 Å². The highest BCUT2D eigenvalue weighted by atomic mass is 32.2. The molecule has 2 fully saturated rings. The van der Waals surface area contributed by atoms with E-state index in [4.69, 9.17) is 15.2 Å². The second-order valence-electron chi connectivity index (χ2n) is 6.73. The Kier molecular flexibility index (Phi) is 3.47. The van der Waals surface area contributed by atoms with E-state index in [-0.39, 0.29) is 42.6 Å². The molecule has 0 spiro atoms. The highest BCUT2D eigenvalue weighted by Crippen LogP contribution is 2.53. The summed E-state index contributed by atoms with van der Waals surface area (Å²) in [5, 5.41) is 20.5. The minimum Gasteiger partial charge on any atom is -0.492 e. The maximum atomic E-state index is 10.0. The third kappa shape index (κ3) is 2.26. The number of aromatic hydroxyl groups is 1. The molecule has 24 heavy (non-hydrogen) atoms. The molecule has 4 N–H and O–H groups in total. The van der Waals surface area contributed by atoms with Crippen LogP contribution in [0.5, 0.6) is 5.88 Å². The average molecular weight is 352 g/mol. The largest absolute Gasteiger partial charge is 0.492 e. The molecule has 1 aromatic rings. The van der Waals surface area contributed by atoms with Gasteiger partial charge in [-0.15, -0.1) is 0 Å². The molecule has 4 atom stereocenters. The molecule has 0 radical (unpaired) electrons. The van der Waals surface area contributed by atoms with E-state index in [0.717, 1.165) is 5.03 Å². The van der Waals surface area contributed by atoms with Crippen LogP contribution in [-0.2, 0) is 9.47 Å². The van der Waals surface area contributed by atoms with E-state index in [9.17, 15) is 10.2 Å². The van der Waals surface area contributed by atoms with Gasteiger partial charge in [0.05, 0.1) is 17.2 Å². The molecule has 1 aromatic heterocycles. The van der Waals surface area contributed by atoms with Crippen LogP contribution < -0.4 is 10.6 Å². The van der Waals surface area contributed by atoms with E-state index in [1.165, 1.54) is 11.8 Å². The zero-order valence-corrected chi connectivity index (χ0v) is 14.3. The normalized spacial score (nSPS) is 33.8. The molecule has 130 valence electrons. The first-order valence-corrected chi connectivity index (χ1v) is 8.61. The van der Waals surface area contributed by atoms with Gasteiger partial charge in [0, 0.05) is 12.5 Å². The number of aliphatic hydroxyl groups excluding tert-OH is 1. The van der Waals surface area contributed by atoms with Crippen LogP contribution in [0.4, 0.5) is 11.8 Å². The van der Waals surface area contributed by atoms with Crippen molar-refractivity contribution in [2.24, 2.45) is 5.92 Å². The molecule has 0 unspecified atom stereocenters. The molecule has 4 rings (SSSR count). The van der Waals surface area contributed by atoms with Crippen molar-refractivity contribution in [1.82, 2.24) is 9.97 Å². The number of aromatic nitrogens is 2. The SMILES string of the molecule is C=C1Sc2c(O)nc(N)nc2N1[C@@H]1C[C@H](CO)[C@H]2OC(C)(C)O[C@H]21. The van der Waals surface area contributed by atoms with Gasteiger partial charge in [0.25, 0.3) is 0 Å². The molecular weight excluding hydrogens is 332 g/mol. The summed E-state index contributed by atoms with van der Waals surface area (Å²) in [6, 6.07) is -0.108. The fourth-order valence-electron chi connectivity index (χ4n) is 3.81. The van der Waals surface area contributed by atoms with E-state index in [0.29, 0.717) is 17.1 Å². The Morgan fingerprint density at radius 1 is 1.38 bits per heavy atom. The quantitative estimate of drug-likeness (QED) is 0.718. The fourth-order valence-corrected chi connectivity index (χ4v) is 4.74. The topological polar surface area (TPSA) is 114 Å². The number of nitrogen functional groups attached to an aromatic ring is 1. The number of anilines is 2. The predicted molar refractivity (Wildman–Crippen MR) is 88.4 cm³/mol. The van der Waals surface area contributed by atoms with Crippen molar-refractivity contribution in [2.75, 3.05) is 17.2 Å². The van der Waals surface area contributed by atoms with Gasteiger partial charge in [-0.1, -0.05) is 18.3 Å². The second-order valence-corrected chi connectivity index (χ2v) is 7.82. The van der Waals surface area contributed by atoms with Crippen LogP contribution in [0.25, 0.3) is 0 Å². The van der Waals surface area contributed by atoms with Gasteiger partial charge < -0.3 is 30.3 Å². The lowest BCUT2D eigenvalue weighted by atomic mass is 10.1. The minimum absolute atomic E-state index is 0.00345. The van der Waals surface area contributed by atoms with Gasteiger partial charge in [-0.25, -0.2) is 0 Å². The number of fused-ring (bicyclic) bond motifs is 2. The summed E-state index contributed by atoms with van der Waals surface area (Å²) >= 11 is 1.31. The number of nitrogens with two attached hydrogens (primary N) is 1. The summed E-state index contributed by atoms with van der Waals surface area (Å²) in [5.74, 6) is -0.347. The number of hydrogen-bond donors (Lipinski definition) is 3. The van der Waals surface area contributed by atoms with E-state index >= 15 is 0 Å². The maximum Gasteiger partial charge on any atom is 0.232 e. The highest BCUT2D eigenvalue weighted by Gasteiger charge is 2.56. The van der Waals surface area contributed by atoms with Gasteiger partial charge in [-0.05, 0) is 20.3 Å². The minimum atomic E-state index is -0.703. The van der Waals surface area contributed by atoms with Gasteiger partial charge in [0.15, 0.2) is 11.6 Å². The first kappa shape index (κ1) is 15.9. The molecule has 0 amide bonds. The Morgan fingerprint density at radius 2 is 2.08 bits per heavy atom. The Bertz CT molecular complexity index is 713. The van der Waals surface area contributed by atoms with Crippen LogP contribution in [0.1, 0.15) is 20.3 Å². The Balaban J connectivity index is 1.73. The molecule has 3 aliphatic rings. The first-order valence-electron chi connectivity index (χ1n) is 7.79. The molecule has 8 nitrogen and oxygen atoms in total. The first-order chi connectivity index (χ1) is 11.3. The Labute approximate surface area is 143 Å². The van der Waals surface area contributed by atoms with Gasteiger partial charge in [-0.2, -0.15) is 9.97 Å². The predicted octanol–water partition coefficient (Wildman–Crippen LogP) is 1.05. The summed E-state index contributed by atoms with van der Waals surface area (Å²) in [6.45, 7) is 7.83. The molecule has 0 bridgehead atoms. The Morgan fingerprint density at radius 3 is 2.79 bits per heavy atom. The number of hydrogen-bond acceptors (Lipinski definition) is 9. The number of rotatable bonds is 2. The highest BCUT2D eigenvalue weighted by molar-refractivity contribution is 8.03. The number of nitrogens with zero attached hydrogens (tertiary/aromatic N) is 3. The van der Waals surface area contributed by atoms with Crippen molar-refractivity contribution in [1.29, 1.82) is 0 Å². The zero-order chi connectivity index (χ0) is 17.2. The standard InChI is InChI=1S/C15H20N4O4S/c1-6-19(12-11(24-6)13(21)18-14(16)17-12)8-4-7(5-20)9-10(8)23-15(2,3)22-9/h7-10,20H,1,4-5H2,2-3H3,(H3,16,17,18,21)/t7-,8-,9-,10+/m1/s1. The molecule has 2 aliphatic heterocycles. The summed E-state index contributed by atoms with van der Waals surface area (Å²) in [4.78, 5) is 10.5. The number of ether oxygens (including phenoxy) is 2. The number of aliphatic hydroxyl groups is 1. The lowest BCUT2D eigenvalue weighted by Gasteiger charge is -2.31. The molecule has 3 heterocycles. The third-order valence-corrected chi connectivity index (χ3v) is 5.68. The molecule has 1 aliphatic carbocycles. The van der Waals surface area contributed by atoms with Gasteiger partial charge in [0.2, 0.25) is 11.8 Å². The number of thioether (sulfide) groups is 1. The van der Waals surface area contributed by atoms with E-state index < -0.39 is 5.79 Å². The summed E-state index contributed by atoms with van der Waals surface area (Å²) in [6.07, 6.45) is 0.259. The van der Waals surface area contributed by atoms with Crippen molar-refractivity contribution in [3.63, 3.8) is 0 Å². The average Bonchev–Trinajstić information content (AvgIpc) is 3.07. The summed E-state index contributed by atoms with van der Waals surface area (Å²) in [7, 11) is 0. The summed E-state index contributed by atoms with van der Waals surface area (Å²) in [5.41, 5.74) is 5.70. The van der Waals surface area contributed by atoms with Crippen LogP contribution in [0.15, 0.2) is 16.5 Å². The van der Waals surface area contributed by atoms with E-state index in [2.05, 4.69) is 16.5 Å². The van der Waals surface area contributed by atoms with Gasteiger partial charge >= 0.3 is 0 Å². The molecule has 1 saturated heterocycles. The molecular formula is C15H20N4O4S. The summed E-state index contributed by atoms with van der Waals surface area (Å²) < 4.78 is 12.1. The molecule has 9 heteroatoms. The van der Waals surface area contributed by atoms with Crippen LogP contribution in [-0.4, -0.2) is 50.8 Å². The van der Waals surface area contributed by atoms with Crippen LogP contribution in [0.2, 0.25) is 0 Å². The van der Waals surface area contributed by atoms with Crippen molar-refractivity contribution in [3.05, 3.63) is 11.6 Å². The van der Waals surface area contributed by atoms with Gasteiger partial charge in [-0.3, -0.25) is 0 Å². The third-order valence-electron chi connectivity index (χ3n) is 4.68. The van der Waals surface area contributed by atoms with Crippen molar-refractivity contribution in [2.45, 2.75) is 49.2 Å².